The molecule has 0 spiro atoms. The predicted octanol–water partition coefficient (Wildman–Crippen LogP) is 5.75. The smallest absolute Gasteiger partial charge is 0.410 e. The summed E-state index contributed by atoms with van der Waals surface area (Å²) in [6.45, 7) is 8.95. The number of fused-ring (bicyclic) bond motifs is 1. The highest BCUT2D eigenvalue weighted by Gasteiger charge is 2.28. The van der Waals surface area contributed by atoms with Crippen LogP contribution in [0.15, 0.2) is 16.7 Å². The SMILES string of the molecule is CCc1c(Br)[nH]c2c(F)cc(C3CCN(C(=O)OC(C)(C)C)CC3)cc12. The molecule has 0 aliphatic carbocycles. The van der Waals surface area contributed by atoms with Crippen molar-refractivity contribution in [2.75, 3.05) is 13.1 Å². The molecule has 1 amide bonds. The third kappa shape index (κ3) is 3.90. The first-order valence-electron chi connectivity index (χ1n) is 9.17. The van der Waals surface area contributed by atoms with Crippen molar-refractivity contribution < 1.29 is 13.9 Å². The second-order valence-corrected chi connectivity index (χ2v) is 8.73. The lowest BCUT2D eigenvalue weighted by molar-refractivity contribution is 0.0205. The Morgan fingerprint density at radius 3 is 2.58 bits per heavy atom. The number of aromatic amines is 1. The van der Waals surface area contributed by atoms with Gasteiger partial charge >= 0.3 is 6.09 Å². The molecular formula is C20H26BrFN2O2. The van der Waals surface area contributed by atoms with Gasteiger partial charge in [0.15, 0.2) is 0 Å². The number of halogens is 2. The summed E-state index contributed by atoms with van der Waals surface area (Å²) in [5.74, 6) is 0.0402. The summed E-state index contributed by atoms with van der Waals surface area (Å²) in [5, 5.41) is 0.948. The quantitative estimate of drug-likeness (QED) is 0.666. The highest BCUT2D eigenvalue weighted by molar-refractivity contribution is 9.10. The zero-order valence-electron chi connectivity index (χ0n) is 15.8. The zero-order chi connectivity index (χ0) is 19.1. The molecule has 0 saturated carbocycles. The van der Waals surface area contributed by atoms with Crippen LogP contribution in [0.25, 0.3) is 10.9 Å². The van der Waals surface area contributed by atoms with Gasteiger partial charge in [-0.1, -0.05) is 6.92 Å². The number of ether oxygens (including phenoxy) is 1. The van der Waals surface area contributed by atoms with E-state index in [1.807, 2.05) is 20.8 Å². The van der Waals surface area contributed by atoms with E-state index in [4.69, 9.17) is 4.74 Å². The van der Waals surface area contributed by atoms with Crippen LogP contribution in [0.3, 0.4) is 0 Å². The highest BCUT2D eigenvalue weighted by Crippen LogP contribution is 2.35. The highest BCUT2D eigenvalue weighted by atomic mass is 79.9. The monoisotopic (exact) mass is 424 g/mol. The van der Waals surface area contributed by atoms with Crippen LogP contribution in [0.2, 0.25) is 0 Å². The Kier molecular flexibility index (Phi) is 5.33. The maximum atomic E-state index is 14.6. The van der Waals surface area contributed by atoms with Crippen molar-refractivity contribution in [3.05, 3.63) is 33.7 Å². The van der Waals surface area contributed by atoms with Gasteiger partial charge in [0, 0.05) is 18.5 Å². The number of nitrogens with zero attached hydrogens (tertiary/aromatic N) is 1. The average molecular weight is 425 g/mol. The molecule has 0 atom stereocenters. The molecule has 1 aliphatic heterocycles. The fourth-order valence-corrected chi connectivity index (χ4v) is 4.29. The largest absolute Gasteiger partial charge is 0.444 e. The molecule has 2 aromatic rings. The van der Waals surface area contributed by atoms with Crippen molar-refractivity contribution in [2.45, 2.75) is 58.5 Å². The van der Waals surface area contributed by atoms with Crippen LogP contribution in [-0.4, -0.2) is 34.7 Å². The molecule has 0 radical (unpaired) electrons. The standard InChI is InChI=1S/C20H26BrFN2O2/c1-5-14-15-10-13(11-16(22)17(15)23-18(14)21)12-6-8-24(9-7-12)19(25)26-20(2,3)4/h10-12,23H,5-9H2,1-4H3. The van der Waals surface area contributed by atoms with E-state index in [1.54, 1.807) is 11.0 Å². The molecule has 26 heavy (non-hydrogen) atoms. The fourth-order valence-electron chi connectivity index (χ4n) is 3.60. The minimum absolute atomic E-state index is 0.215. The summed E-state index contributed by atoms with van der Waals surface area (Å²) in [7, 11) is 0. The van der Waals surface area contributed by atoms with E-state index in [0.29, 0.717) is 18.6 Å². The van der Waals surface area contributed by atoms with Gasteiger partial charge in [-0.25, -0.2) is 9.18 Å². The number of aryl methyl sites for hydroxylation is 1. The van der Waals surface area contributed by atoms with Gasteiger partial charge < -0.3 is 14.6 Å². The first-order chi connectivity index (χ1) is 12.2. The van der Waals surface area contributed by atoms with Gasteiger partial charge in [-0.2, -0.15) is 0 Å². The van der Waals surface area contributed by atoms with E-state index in [-0.39, 0.29) is 17.8 Å². The Morgan fingerprint density at radius 2 is 2.00 bits per heavy atom. The molecule has 142 valence electrons. The Morgan fingerprint density at radius 1 is 1.35 bits per heavy atom. The van der Waals surface area contributed by atoms with E-state index in [9.17, 15) is 9.18 Å². The van der Waals surface area contributed by atoms with E-state index in [1.165, 1.54) is 0 Å². The van der Waals surface area contributed by atoms with Gasteiger partial charge in [0.2, 0.25) is 0 Å². The van der Waals surface area contributed by atoms with Gasteiger partial charge in [-0.3, -0.25) is 0 Å². The minimum Gasteiger partial charge on any atom is -0.444 e. The predicted molar refractivity (Wildman–Crippen MR) is 105 cm³/mol. The van der Waals surface area contributed by atoms with Crippen LogP contribution in [0, 0.1) is 5.82 Å². The lowest BCUT2D eigenvalue weighted by atomic mass is 9.88. The van der Waals surface area contributed by atoms with Crippen LogP contribution in [0.1, 0.15) is 57.6 Å². The van der Waals surface area contributed by atoms with Crippen molar-refractivity contribution in [2.24, 2.45) is 0 Å². The lowest BCUT2D eigenvalue weighted by Gasteiger charge is -2.33. The van der Waals surface area contributed by atoms with Gasteiger partial charge in [-0.05, 0) is 85.1 Å². The molecule has 3 rings (SSSR count). The Balaban J connectivity index is 1.76. The number of H-pyrrole nitrogens is 1. The molecular weight excluding hydrogens is 399 g/mol. The second kappa shape index (κ2) is 7.22. The first-order valence-corrected chi connectivity index (χ1v) is 9.96. The van der Waals surface area contributed by atoms with Crippen LogP contribution in [0.5, 0.6) is 0 Å². The topological polar surface area (TPSA) is 45.3 Å². The fraction of sp³-hybridized carbons (Fsp3) is 0.550. The number of hydrogen-bond donors (Lipinski definition) is 1. The Hall–Kier alpha value is -1.56. The number of rotatable bonds is 2. The third-order valence-electron chi connectivity index (χ3n) is 4.91. The molecule has 1 aromatic heterocycles. The molecule has 6 heteroatoms. The van der Waals surface area contributed by atoms with Crippen molar-refractivity contribution in [1.82, 2.24) is 9.88 Å². The van der Waals surface area contributed by atoms with Crippen molar-refractivity contribution in [3.63, 3.8) is 0 Å². The molecule has 1 N–H and O–H groups in total. The van der Waals surface area contributed by atoms with Gasteiger partial charge in [0.05, 0.1) is 10.1 Å². The van der Waals surface area contributed by atoms with E-state index >= 15 is 0 Å². The second-order valence-electron chi connectivity index (χ2n) is 7.94. The van der Waals surface area contributed by atoms with Crippen molar-refractivity contribution in [3.8, 4) is 0 Å². The molecule has 1 fully saturated rings. The number of hydrogen-bond acceptors (Lipinski definition) is 2. The van der Waals surface area contributed by atoms with Crippen molar-refractivity contribution >= 4 is 32.9 Å². The van der Waals surface area contributed by atoms with E-state index < -0.39 is 5.60 Å². The van der Waals surface area contributed by atoms with Gasteiger partial charge in [0.1, 0.15) is 11.4 Å². The maximum absolute atomic E-state index is 14.6. The number of likely N-dealkylation sites (tertiary alicyclic amines) is 1. The summed E-state index contributed by atoms with van der Waals surface area (Å²) in [5.41, 5.74) is 2.19. The minimum atomic E-state index is -0.486. The number of benzene rings is 1. The number of piperidine rings is 1. The van der Waals surface area contributed by atoms with E-state index in [0.717, 1.165) is 40.4 Å². The Bertz CT molecular complexity index is 817. The number of amides is 1. The summed E-state index contributed by atoms with van der Waals surface area (Å²) < 4.78 is 20.9. The molecule has 1 saturated heterocycles. The molecule has 1 aliphatic rings. The number of carbonyl (C=O) groups excluding carboxylic acids is 1. The van der Waals surface area contributed by atoms with Gasteiger partial charge in [-0.15, -0.1) is 0 Å². The first kappa shape index (κ1) is 19.2. The lowest BCUT2D eigenvalue weighted by Crippen LogP contribution is -2.41. The van der Waals surface area contributed by atoms with Crippen LogP contribution in [-0.2, 0) is 11.2 Å². The molecule has 1 aromatic carbocycles. The van der Waals surface area contributed by atoms with Crippen LogP contribution < -0.4 is 0 Å². The number of nitrogens with one attached hydrogen (secondary N) is 1. The van der Waals surface area contributed by atoms with Gasteiger partial charge in [0.25, 0.3) is 0 Å². The normalized spacial score (nSPS) is 16.3. The molecule has 2 heterocycles. The number of aromatic nitrogens is 1. The summed E-state index contributed by atoms with van der Waals surface area (Å²) in [6.07, 6.45) is 2.20. The van der Waals surface area contributed by atoms with Crippen molar-refractivity contribution in [1.29, 1.82) is 0 Å². The Labute approximate surface area is 162 Å². The zero-order valence-corrected chi connectivity index (χ0v) is 17.4. The van der Waals surface area contributed by atoms with Crippen LogP contribution in [0.4, 0.5) is 9.18 Å². The summed E-state index contributed by atoms with van der Waals surface area (Å²) in [4.78, 5) is 17.0. The summed E-state index contributed by atoms with van der Waals surface area (Å²) in [6, 6.07) is 3.74. The maximum Gasteiger partial charge on any atom is 0.410 e. The van der Waals surface area contributed by atoms with E-state index in [2.05, 4.69) is 33.9 Å². The van der Waals surface area contributed by atoms with Crippen LogP contribution >= 0.6 is 15.9 Å². The molecule has 0 unspecified atom stereocenters. The summed E-state index contributed by atoms with van der Waals surface area (Å²) >= 11 is 3.49. The third-order valence-corrected chi connectivity index (χ3v) is 5.59. The molecule has 0 bridgehead atoms. The molecule has 4 nitrogen and oxygen atoms in total. The number of carbonyl (C=O) groups is 1. The average Bonchev–Trinajstić information content (AvgIpc) is 2.89.